The lowest BCUT2D eigenvalue weighted by molar-refractivity contribution is -0.123. The zero-order valence-electron chi connectivity index (χ0n) is 15.6. The average molecular weight is 493 g/mol. The van der Waals surface area contributed by atoms with E-state index in [0.717, 1.165) is 4.90 Å². The highest BCUT2D eigenvalue weighted by molar-refractivity contribution is 9.10. The molecule has 0 saturated carbocycles. The summed E-state index contributed by atoms with van der Waals surface area (Å²) < 4.78 is 5.99. The summed E-state index contributed by atoms with van der Waals surface area (Å²) in [6, 6.07) is 8.66. The molecule has 5 amide bonds. The minimum absolute atomic E-state index is 0.229. The van der Waals surface area contributed by atoms with Crippen LogP contribution >= 0.6 is 27.5 Å². The molecule has 0 aliphatic carbocycles. The van der Waals surface area contributed by atoms with Crippen LogP contribution < -0.4 is 20.7 Å². The average Bonchev–Trinajstić information content (AvgIpc) is 2.67. The smallest absolute Gasteiger partial charge is 0.335 e. The van der Waals surface area contributed by atoms with Crippen LogP contribution in [0.5, 0.6) is 5.75 Å². The predicted octanol–water partition coefficient (Wildman–Crippen LogP) is 2.94. The van der Waals surface area contributed by atoms with Crippen molar-refractivity contribution in [3.05, 3.63) is 62.6 Å². The number of primary amides is 1. The topological polar surface area (TPSA) is 119 Å². The van der Waals surface area contributed by atoms with Gasteiger partial charge in [-0.2, -0.15) is 0 Å². The highest BCUT2D eigenvalue weighted by Crippen LogP contribution is 2.30. The summed E-state index contributed by atoms with van der Waals surface area (Å²) in [4.78, 5) is 49.8. The fraction of sp³-hybridized carbons (Fsp3) is 0.100. The number of carbonyl (C=O) groups excluding carboxylic acids is 4. The molecule has 1 fully saturated rings. The third kappa shape index (κ3) is 4.52. The summed E-state index contributed by atoms with van der Waals surface area (Å²) in [6.07, 6.45) is 1.28. The molecule has 154 valence electrons. The number of amides is 5. The van der Waals surface area contributed by atoms with Crippen LogP contribution in [0.3, 0.4) is 0 Å². The van der Waals surface area contributed by atoms with Crippen LogP contribution in [0.1, 0.15) is 11.1 Å². The Balaban J connectivity index is 2.06. The quantitative estimate of drug-likeness (QED) is 0.491. The molecule has 2 aromatic carbocycles. The Kier molecular flexibility index (Phi) is 6.23. The fourth-order valence-corrected chi connectivity index (χ4v) is 3.31. The van der Waals surface area contributed by atoms with Crippen molar-refractivity contribution >= 4 is 63.0 Å². The second kappa shape index (κ2) is 8.68. The van der Waals surface area contributed by atoms with E-state index in [1.165, 1.54) is 12.1 Å². The van der Waals surface area contributed by atoms with Crippen LogP contribution in [0.25, 0.3) is 6.08 Å². The molecular formula is C20H15BrClN3O5. The number of anilines is 1. The van der Waals surface area contributed by atoms with E-state index in [0.29, 0.717) is 20.6 Å². The molecule has 0 spiro atoms. The number of nitrogens with zero attached hydrogens (tertiary/aromatic N) is 1. The highest BCUT2D eigenvalue weighted by Gasteiger charge is 2.37. The van der Waals surface area contributed by atoms with E-state index in [1.807, 2.05) is 0 Å². The van der Waals surface area contributed by atoms with E-state index in [-0.39, 0.29) is 23.6 Å². The van der Waals surface area contributed by atoms with Gasteiger partial charge < -0.3 is 10.5 Å². The molecule has 8 nitrogen and oxygen atoms in total. The number of benzene rings is 2. The summed E-state index contributed by atoms with van der Waals surface area (Å²) in [7, 11) is 0. The lowest BCUT2D eigenvalue weighted by Crippen LogP contribution is -2.54. The molecule has 2 aromatic rings. The number of aryl methyl sites for hydroxylation is 1. The number of urea groups is 1. The highest BCUT2D eigenvalue weighted by atomic mass is 79.9. The molecule has 0 bridgehead atoms. The van der Waals surface area contributed by atoms with Crippen molar-refractivity contribution in [2.24, 2.45) is 5.73 Å². The largest absolute Gasteiger partial charge is 0.483 e. The van der Waals surface area contributed by atoms with E-state index in [1.54, 1.807) is 37.3 Å². The second-order valence-electron chi connectivity index (χ2n) is 6.33. The minimum atomic E-state index is -0.882. The molecule has 3 rings (SSSR count). The van der Waals surface area contributed by atoms with E-state index >= 15 is 0 Å². The van der Waals surface area contributed by atoms with Gasteiger partial charge in [-0.3, -0.25) is 19.7 Å². The van der Waals surface area contributed by atoms with Gasteiger partial charge in [-0.1, -0.05) is 33.6 Å². The number of nitrogens with two attached hydrogens (primary N) is 1. The lowest BCUT2D eigenvalue weighted by Gasteiger charge is -2.27. The Bertz CT molecular complexity index is 1120. The minimum Gasteiger partial charge on any atom is -0.483 e. The Hall–Kier alpha value is -3.17. The van der Waals surface area contributed by atoms with E-state index in [2.05, 4.69) is 21.2 Å². The van der Waals surface area contributed by atoms with Crippen LogP contribution in [0.4, 0.5) is 10.5 Å². The maximum Gasteiger partial charge on any atom is 0.335 e. The van der Waals surface area contributed by atoms with Gasteiger partial charge in [-0.15, -0.1) is 0 Å². The summed E-state index contributed by atoms with van der Waals surface area (Å²) >= 11 is 9.32. The normalized spacial score (nSPS) is 15.4. The maximum absolute atomic E-state index is 13.1. The number of barbiturate groups is 1. The van der Waals surface area contributed by atoms with E-state index < -0.39 is 23.8 Å². The molecule has 1 heterocycles. The molecule has 3 N–H and O–H groups in total. The number of rotatable bonds is 5. The van der Waals surface area contributed by atoms with Crippen molar-refractivity contribution < 1.29 is 23.9 Å². The standard InChI is InChI=1S/C20H15BrClN3O5/c1-10-2-4-13(22)8-15(10)25-19(28)14(18(27)24-20(25)29)7-11-6-12(21)3-5-16(11)30-9-17(23)26/h2-8H,9H2,1H3,(H2,23,26)(H,24,27,29)/b14-7+. The summed E-state index contributed by atoms with van der Waals surface area (Å²) in [5.41, 5.74) is 6.02. The number of halogens is 2. The van der Waals surface area contributed by atoms with Gasteiger partial charge in [0.25, 0.3) is 17.7 Å². The molecule has 1 aliphatic heterocycles. The van der Waals surface area contributed by atoms with Gasteiger partial charge >= 0.3 is 6.03 Å². The van der Waals surface area contributed by atoms with Crippen LogP contribution in [-0.2, 0) is 14.4 Å². The van der Waals surface area contributed by atoms with Crippen LogP contribution in [0.15, 0.2) is 46.4 Å². The van der Waals surface area contributed by atoms with Gasteiger partial charge in [0.15, 0.2) is 6.61 Å². The van der Waals surface area contributed by atoms with E-state index in [9.17, 15) is 19.2 Å². The zero-order chi connectivity index (χ0) is 22.0. The van der Waals surface area contributed by atoms with Gasteiger partial charge in [-0.05, 0) is 48.9 Å². The first-order valence-corrected chi connectivity index (χ1v) is 9.72. The fourth-order valence-electron chi connectivity index (χ4n) is 2.77. The van der Waals surface area contributed by atoms with Gasteiger partial charge in [0.2, 0.25) is 0 Å². The molecule has 0 unspecified atom stereocenters. The third-order valence-corrected chi connectivity index (χ3v) is 4.88. The summed E-state index contributed by atoms with van der Waals surface area (Å²) in [5, 5.41) is 2.48. The molecule has 0 aromatic heterocycles. The van der Waals surface area contributed by atoms with Crippen molar-refractivity contribution in [2.75, 3.05) is 11.5 Å². The molecule has 10 heteroatoms. The summed E-state index contributed by atoms with van der Waals surface area (Å²) in [5.74, 6) is -2.14. The SMILES string of the molecule is Cc1ccc(Cl)cc1N1C(=O)NC(=O)/C(=C\c2cc(Br)ccc2OCC(N)=O)C1=O. The summed E-state index contributed by atoms with van der Waals surface area (Å²) in [6.45, 7) is 1.32. The molecule has 1 aliphatic rings. The third-order valence-electron chi connectivity index (χ3n) is 4.16. The van der Waals surface area contributed by atoms with Gasteiger partial charge in [0.05, 0.1) is 5.69 Å². The molecular weight excluding hydrogens is 478 g/mol. The van der Waals surface area contributed by atoms with E-state index in [4.69, 9.17) is 22.1 Å². The van der Waals surface area contributed by atoms with Gasteiger partial charge in [0, 0.05) is 15.1 Å². The molecule has 0 radical (unpaired) electrons. The number of hydrogen-bond acceptors (Lipinski definition) is 5. The Morgan fingerprint density at radius 3 is 2.67 bits per heavy atom. The Morgan fingerprint density at radius 1 is 1.23 bits per heavy atom. The Morgan fingerprint density at radius 2 is 1.97 bits per heavy atom. The maximum atomic E-state index is 13.1. The number of imide groups is 2. The van der Waals surface area contributed by atoms with Crippen molar-refractivity contribution in [1.82, 2.24) is 5.32 Å². The monoisotopic (exact) mass is 491 g/mol. The molecule has 30 heavy (non-hydrogen) atoms. The number of hydrogen-bond donors (Lipinski definition) is 2. The second-order valence-corrected chi connectivity index (χ2v) is 7.68. The van der Waals surface area contributed by atoms with Crippen molar-refractivity contribution in [3.63, 3.8) is 0 Å². The number of ether oxygens (including phenoxy) is 1. The van der Waals surface area contributed by atoms with Gasteiger partial charge in [-0.25, -0.2) is 9.69 Å². The molecule has 0 atom stereocenters. The van der Waals surface area contributed by atoms with Crippen molar-refractivity contribution in [1.29, 1.82) is 0 Å². The van der Waals surface area contributed by atoms with Gasteiger partial charge in [0.1, 0.15) is 11.3 Å². The first-order valence-electron chi connectivity index (χ1n) is 8.55. The first-order chi connectivity index (χ1) is 14.2. The predicted molar refractivity (Wildman–Crippen MR) is 114 cm³/mol. The molecule has 1 saturated heterocycles. The van der Waals surface area contributed by atoms with Crippen LogP contribution in [0.2, 0.25) is 5.02 Å². The Labute approximate surface area is 184 Å². The van der Waals surface area contributed by atoms with Crippen LogP contribution in [-0.4, -0.2) is 30.4 Å². The number of nitrogens with one attached hydrogen (secondary N) is 1. The zero-order valence-corrected chi connectivity index (χ0v) is 17.9. The van der Waals surface area contributed by atoms with Crippen molar-refractivity contribution in [2.45, 2.75) is 6.92 Å². The lowest BCUT2D eigenvalue weighted by atomic mass is 10.0. The first kappa shape index (κ1) is 21.5. The number of carbonyl (C=O) groups is 4. The van der Waals surface area contributed by atoms with Crippen LogP contribution in [0, 0.1) is 6.92 Å². The van der Waals surface area contributed by atoms with Crippen molar-refractivity contribution in [3.8, 4) is 5.75 Å².